The molecule has 1 rings (SSSR count). The Hall–Kier alpha value is -1.46. The predicted octanol–water partition coefficient (Wildman–Crippen LogP) is 1.45. The second-order valence-corrected chi connectivity index (χ2v) is 5.43. The molecule has 1 unspecified atom stereocenters. The first-order valence-corrected chi connectivity index (χ1v) is 6.81. The van der Waals surface area contributed by atoms with Gasteiger partial charge in [0.1, 0.15) is 5.82 Å². The average Bonchev–Trinajstić information content (AvgIpc) is 2.35. The second-order valence-electron chi connectivity index (χ2n) is 5.43. The van der Waals surface area contributed by atoms with E-state index in [0.717, 1.165) is 12.1 Å². The van der Waals surface area contributed by atoms with Crippen LogP contribution in [0.15, 0.2) is 24.3 Å². The van der Waals surface area contributed by atoms with Gasteiger partial charge in [0, 0.05) is 32.1 Å². The highest BCUT2D eigenvalue weighted by Gasteiger charge is 2.15. The van der Waals surface area contributed by atoms with E-state index in [2.05, 4.69) is 0 Å². The van der Waals surface area contributed by atoms with Gasteiger partial charge in [-0.15, -0.1) is 0 Å². The van der Waals surface area contributed by atoms with Gasteiger partial charge in [-0.3, -0.25) is 4.79 Å². The summed E-state index contributed by atoms with van der Waals surface area (Å²) in [5.41, 5.74) is 6.61. The molecule has 0 bridgehead atoms. The molecular weight excluding hydrogens is 257 g/mol. The van der Waals surface area contributed by atoms with Crippen LogP contribution in [0.5, 0.6) is 0 Å². The lowest BCUT2D eigenvalue weighted by Crippen LogP contribution is -2.38. The maximum absolute atomic E-state index is 12.9. The highest BCUT2D eigenvalue weighted by Crippen LogP contribution is 2.08. The summed E-state index contributed by atoms with van der Waals surface area (Å²) in [6.07, 6.45) is 0.328. The van der Waals surface area contributed by atoms with Crippen molar-refractivity contribution < 1.29 is 9.18 Å². The highest BCUT2D eigenvalue weighted by molar-refractivity contribution is 5.76. The molecule has 0 fully saturated rings. The standard InChI is InChI=1S/C15H24FN3O/c1-12(17)10-15(20)19(9-8-18(2)3)11-13-4-6-14(16)7-5-13/h4-7,12H,8-11,17H2,1-3H3. The number of hydrogen-bond acceptors (Lipinski definition) is 3. The smallest absolute Gasteiger partial charge is 0.224 e. The number of carbonyl (C=O) groups is 1. The van der Waals surface area contributed by atoms with Gasteiger partial charge in [0.25, 0.3) is 0 Å². The van der Waals surface area contributed by atoms with Crippen molar-refractivity contribution in [2.24, 2.45) is 5.73 Å². The Balaban J connectivity index is 2.70. The number of nitrogens with two attached hydrogens (primary N) is 1. The van der Waals surface area contributed by atoms with Crippen LogP contribution >= 0.6 is 0 Å². The van der Waals surface area contributed by atoms with E-state index in [-0.39, 0.29) is 17.8 Å². The lowest BCUT2D eigenvalue weighted by atomic mass is 10.1. The Kier molecular flexibility index (Phi) is 6.61. The quantitative estimate of drug-likeness (QED) is 0.823. The molecule has 0 heterocycles. The number of benzene rings is 1. The van der Waals surface area contributed by atoms with Crippen LogP contribution in [0.2, 0.25) is 0 Å². The molecule has 1 aromatic rings. The summed E-state index contributed by atoms with van der Waals surface area (Å²) in [7, 11) is 3.93. The molecule has 1 atom stereocenters. The topological polar surface area (TPSA) is 49.6 Å². The first kappa shape index (κ1) is 16.6. The fourth-order valence-electron chi connectivity index (χ4n) is 1.83. The molecule has 0 saturated heterocycles. The average molecular weight is 281 g/mol. The SMILES string of the molecule is CC(N)CC(=O)N(CCN(C)C)Cc1ccc(F)cc1. The Morgan fingerprint density at radius 1 is 1.25 bits per heavy atom. The zero-order valence-electron chi connectivity index (χ0n) is 12.5. The van der Waals surface area contributed by atoms with Crippen molar-refractivity contribution in [1.82, 2.24) is 9.80 Å². The van der Waals surface area contributed by atoms with Crippen LogP contribution in [0.1, 0.15) is 18.9 Å². The fourth-order valence-corrected chi connectivity index (χ4v) is 1.83. The van der Waals surface area contributed by atoms with E-state index in [0.29, 0.717) is 19.5 Å². The van der Waals surface area contributed by atoms with Crippen LogP contribution in [0, 0.1) is 5.82 Å². The molecule has 5 heteroatoms. The number of halogens is 1. The number of nitrogens with zero attached hydrogens (tertiary/aromatic N) is 2. The summed E-state index contributed by atoms with van der Waals surface area (Å²) >= 11 is 0. The normalized spacial score (nSPS) is 12.5. The van der Waals surface area contributed by atoms with Crippen LogP contribution in [0.3, 0.4) is 0 Å². The van der Waals surface area contributed by atoms with Gasteiger partial charge in [0.15, 0.2) is 0 Å². The van der Waals surface area contributed by atoms with Gasteiger partial charge in [-0.25, -0.2) is 4.39 Å². The number of rotatable bonds is 7. The third-order valence-electron chi connectivity index (χ3n) is 2.95. The van der Waals surface area contributed by atoms with Crippen LogP contribution in [0.25, 0.3) is 0 Å². The van der Waals surface area contributed by atoms with E-state index in [1.54, 1.807) is 17.0 Å². The monoisotopic (exact) mass is 281 g/mol. The largest absolute Gasteiger partial charge is 0.337 e. The zero-order chi connectivity index (χ0) is 15.1. The molecule has 0 radical (unpaired) electrons. The van der Waals surface area contributed by atoms with Gasteiger partial charge in [-0.05, 0) is 38.7 Å². The Morgan fingerprint density at radius 3 is 2.35 bits per heavy atom. The summed E-state index contributed by atoms with van der Waals surface area (Å²) < 4.78 is 12.9. The van der Waals surface area contributed by atoms with Gasteiger partial charge in [0.2, 0.25) is 5.91 Å². The number of hydrogen-bond donors (Lipinski definition) is 1. The van der Waals surface area contributed by atoms with Gasteiger partial charge < -0.3 is 15.5 Å². The van der Waals surface area contributed by atoms with Crippen molar-refractivity contribution in [3.05, 3.63) is 35.6 Å². The summed E-state index contributed by atoms with van der Waals surface area (Å²) in [5.74, 6) is -0.235. The first-order valence-electron chi connectivity index (χ1n) is 6.81. The van der Waals surface area contributed by atoms with E-state index in [1.165, 1.54) is 12.1 Å². The first-order chi connectivity index (χ1) is 9.38. The molecule has 1 aromatic carbocycles. The number of amides is 1. The molecule has 0 aliphatic carbocycles. The van der Waals surface area contributed by atoms with E-state index in [4.69, 9.17) is 5.73 Å². The molecule has 0 aromatic heterocycles. The maximum atomic E-state index is 12.9. The van der Waals surface area contributed by atoms with Crippen molar-refractivity contribution in [2.45, 2.75) is 25.9 Å². The highest BCUT2D eigenvalue weighted by atomic mass is 19.1. The van der Waals surface area contributed by atoms with Crippen molar-refractivity contribution in [1.29, 1.82) is 0 Å². The van der Waals surface area contributed by atoms with Crippen molar-refractivity contribution in [3.8, 4) is 0 Å². The van der Waals surface area contributed by atoms with Crippen LogP contribution in [-0.4, -0.2) is 48.9 Å². The van der Waals surface area contributed by atoms with Crippen LogP contribution in [0.4, 0.5) is 4.39 Å². The second kappa shape index (κ2) is 7.97. The molecular formula is C15H24FN3O. The summed E-state index contributed by atoms with van der Waals surface area (Å²) in [4.78, 5) is 16.0. The van der Waals surface area contributed by atoms with E-state index < -0.39 is 0 Å². The molecule has 112 valence electrons. The van der Waals surface area contributed by atoms with E-state index in [9.17, 15) is 9.18 Å². The van der Waals surface area contributed by atoms with Gasteiger partial charge in [0.05, 0.1) is 0 Å². The minimum atomic E-state index is -0.268. The summed E-state index contributed by atoms with van der Waals surface area (Å²) in [5, 5.41) is 0. The molecule has 0 saturated carbocycles. The molecule has 0 spiro atoms. The lowest BCUT2D eigenvalue weighted by molar-refractivity contribution is -0.132. The fraction of sp³-hybridized carbons (Fsp3) is 0.533. The Labute approximate surface area is 120 Å². The van der Waals surface area contributed by atoms with Gasteiger partial charge in [-0.2, -0.15) is 0 Å². The number of likely N-dealkylation sites (N-methyl/N-ethyl adjacent to an activating group) is 1. The third-order valence-corrected chi connectivity index (χ3v) is 2.95. The van der Waals surface area contributed by atoms with Crippen LogP contribution in [-0.2, 0) is 11.3 Å². The van der Waals surface area contributed by atoms with Gasteiger partial charge >= 0.3 is 0 Å². The molecule has 1 amide bonds. The van der Waals surface area contributed by atoms with Gasteiger partial charge in [-0.1, -0.05) is 12.1 Å². The summed E-state index contributed by atoms with van der Waals surface area (Å²) in [6.45, 7) is 3.72. The third kappa shape index (κ3) is 6.12. The predicted molar refractivity (Wildman–Crippen MR) is 78.6 cm³/mol. The number of carbonyl (C=O) groups excluding carboxylic acids is 1. The molecule has 20 heavy (non-hydrogen) atoms. The minimum absolute atomic E-state index is 0.0335. The molecule has 0 aliphatic heterocycles. The maximum Gasteiger partial charge on any atom is 0.224 e. The Bertz CT molecular complexity index is 418. The Morgan fingerprint density at radius 2 is 1.85 bits per heavy atom. The van der Waals surface area contributed by atoms with Crippen molar-refractivity contribution in [3.63, 3.8) is 0 Å². The molecule has 0 aliphatic rings. The van der Waals surface area contributed by atoms with E-state index in [1.807, 2.05) is 25.9 Å². The van der Waals surface area contributed by atoms with E-state index >= 15 is 0 Å². The molecule has 2 N–H and O–H groups in total. The van der Waals surface area contributed by atoms with Crippen LogP contribution < -0.4 is 5.73 Å². The molecule has 4 nitrogen and oxygen atoms in total. The lowest BCUT2D eigenvalue weighted by Gasteiger charge is -2.25. The van der Waals surface area contributed by atoms with Crippen molar-refractivity contribution >= 4 is 5.91 Å². The summed E-state index contributed by atoms with van der Waals surface area (Å²) in [6, 6.07) is 6.08. The van der Waals surface area contributed by atoms with Crippen molar-refractivity contribution in [2.75, 3.05) is 27.2 Å². The zero-order valence-corrected chi connectivity index (χ0v) is 12.5. The minimum Gasteiger partial charge on any atom is -0.337 e.